The van der Waals surface area contributed by atoms with Crippen LogP contribution in [0.5, 0.6) is 0 Å². The minimum absolute atomic E-state index is 1.07. The minimum Gasteiger partial charge on any atom is -0.312 e. The van der Waals surface area contributed by atoms with Crippen molar-refractivity contribution in [2.24, 2.45) is 0 Å². The van der Waals surface area contributed by atoms with Crippen LogP contribution in [0.2, 0.25) is 0 Å². The highest BCUT2D eigenvalue weighted by Gasteiger charge is 2.19. The molecule has 2 nitrogen and oxygen atoms in total. The molecule has 18 heavy (non-hydrogen) atoms. The van der Waals surface area contributed by atoms with E-state index in [0.29, 0.717) is 0 Å². The quantitative estimate of drug-likeness (QED) is 0.873. The number of nitrogens with one attached hydrogen (secondary N) is 1. The van der Waals surface area contributed by atoms with Crippen molar-refractivity contribution in [1.82, 2.24) is 10.4 Å². The minimum atomic E-state index is 1.07. The summed E-state index contributed by atoms with van der Waals surface area (Å²) in [7, 11) is 0. The van der Waals surface area contributed by atoms with Gasteiger partial charge in [-0.15, -0.1) is 0 Å². The Balaban J connectivity index is 1.67. The first-order valence-corrected chi connectivity index (χ1v) is 6.87. The molecule has 2 aliphatic rings. The van der Waals surface area contributed by atoms with E-state index in [1.165, 1.54) is 36.1 Å². The van der Waals surface area contributed by atoms with Gasteiger partial charge in [0.25, 0.3) is 0 Å². The Bertz CT molecular complexity index is 459. The van der Waals surface area contributed by atoms with Crippen LogP contribution < -0.4 is 5.43 Å². The number of hydrazine groups is 1. The van der Waals surface area contributed by atoms with Gasteiger partial charge in [0.2, 0.25) is 0 Å². The van der Waals surface area contributed by atoms with Crippen LogP contribution in [0.15, 0.2) is 53.8 Å². The first kappa shape index (κ1) is 11.5. The average Bonchev–Trinajstić information content (AvgIpc) is 2.46. The molecule has 0 spiro atoms. The third-order valence-electron chi connectivity index (χ3n) is 3.73. The number of benzene rings is 1. The van der Waals surface area contributed by atoms with Crippen molar-refractivity contribution < 1.29 is 0 Å². The van der Waals surface area contributed by atoms with Crippen molar-refractivity contribution >= 4 is 0 Å². The number of hydrogen-bond acceptors (Lipinski definition) is 2. The average molecular weight is 240 g/mol. The monoisotopic (exact) mass is 240 g/mol. The van der Waals surface area contributed by atoms with E-state index >= 15 is 0 Å². The van der Waals surface area contributed by atoms with Crippen LogP contribution in [0.25, 0.3) is 0 Å². The molecule has 0 bridgehead atoms. The van der Waals surface area contributed by atoms with Crippen LogP contribution in [-0.2, 0) is 6.42 Å². The Morgan fingerprint density at radius 2 is 2.00 bits per heavy atom. The predicted molar refractivity (Wildman–Crippen MR) is 74.9 cm³/mol. The van der Waals surface area contributed by atoms with Crippen molar-refractivity contribution in [1.29, 1.82) is 0 Å². The summed E-state index contributed by atoms with van der Waals surface area (Å²) in [6, 6.07) is 10.7. The summed E-state index contributed by atoms with van der Waals surface area (Å²) >= 11 is 0. The summed E-state index contributed by atoms with van der Waals surface area (Å²) in [4.78, 5) is 0. The maximum absolute atomic E-state index is 3.53. The summed E-state index contributed by atoms with van der Waals surface area (Å²) in [5, 5.41) is 2.37. The Hall–Kier alpha value is -1.54. The molecule has 94 valence electrons. The van der Waals surface area contributed by atoms with Crippen LogP contribution >= 0.6 is 0 Å². The molecule has 0 radical (unpaired) electrons. The van der Waals surface area contributed by atoms with Crippen LogP contribution in [0.3, 0.4) is 0 Å². The Morgan fingerprint density at radius 3 is 2.89 bits per heavy atom. The smallest absolute Gasteiger partial charge is 0.0381 e. The molecule has 0 atom stereocenters. The van der Waals surface area contributed by atoms with E-state index in [2.05, 4.69) is 52.9 Å². The van der Waals surface area contributed by atoms with Crippen LogP contribution in [-0.4, -0.2) is 18.1 Å². The summed E-state index contributed by atoms with van der Waals surface area (Å²) in [5.74, 6) is 0. The zero-order chi connectivity index (χ0) is 12.2. The second-order valence-corrected chi connectivity index (χ2v) is 4.96. The lowest BCUT2D eigenvalue weighted by atomic mass is 9.98. The van der Waals surface area contributed by atoms with E-state index < -0.39 is 0 Å². The zero-order valence-corrected chi connectivity index (χ0v) is 10.7. The summed E-state index contributed by atoms with van der Waals surface area (Å²) < 4.78 is 0. The van der Waals surface area contributed by atoms with E-state index in [0.717, 1.165) is 19.5 Å². The SMILES string of the molecule is C1=CC2=C(CC1)N(CCc1ccccc1)NCC2. The number of hydrogen-bond donors (Lipinski definition) is 1. The number of nitrogens with zero attached hydrogens (tertiary/aromatic N) is 1. The van der Waals surface area contributed by atoms with Gasteiger partial charge < -0.3 is 5.01 Å². The summed E-state index contributed by atoms with van der Waals surface area (Å²) in [5.41, 5.74) is 7.99. The van der Waals surface area contributed by atoms with Gasteiger partial charge in [-0.05, 0) is 36.8 Å². The van der Waals surface area contributed by atoms with E-state index in [-0.39, 0.29) is 0 Å². The fraction of sp³-hybridized carbons (Fsp3) is 0.375. The first-order chi connectivity index (χ1) is 8.93. The highest BCUT2D eigenvalue weighted by atomic mass is 15.5. The van der Waals surface area contributed by atoms with E-state index in [1.807, 2.05) is 0 Å². The lowest BCUT2D eigenvalue weighted by Gasteiger charge is -2.35. The van der Waals surface area contributed by atoms with Gasteiger partial charge in [-0.25, -0.2) is 5.43 Å². The lowest BCUT2D eigenvalue weighted by Crippen LogP contribution is -2.43. The Labute approximate surface area is 109 Å². The van der Waals surface area contributed by atoms with Gasteiger partial charge in [-0.1, -0.05) is 42.5 Å². The molecule has 0 aromatic heterocycles. The summed E-state index contributed by atoms with van der Waals surface area (Å²) in [6.45, 7) is 2.13. The van der Waals surface area contributed by atoms with Gasteiger partial charge in [0.1, 0.15) is 0 Å². The molecule has 1 aliphatic heterocycles. The molecule has 3 rings (SSSR count). The van der Waals surface area contributed by atoms with Crippen molar-refractivity contribution in [2.75, 3.05) is 13.1 Å². The fourth-order valence-corrected chi connectivity index (χ4v) is 2.76. The molecule has 0 saturated carbocycles. The maximum Gasteiger partial charge on any atom is 0.0381 e. The largest absolute Gasteiger partial charge is 0.312 e. The second kappa shape index (κ2) is 5.40. The molecule has 0 fully saturated rings. The molecular formula is C16H20N2. The van der Waals surface area contributed by atoms with Crippen molar-refractivity contribution in [2.45, 2.75) is 25.7 Å². The third-order valence-corrected chi connectivity index (χ3v) is 3.73. The normalized spacial score (nSPS) is 19.0. The van der Waals surface area contributed by atoms with Crippen LogP contribution in [0, 0.1) is 0 Å². The van der Waals surface area contributed by atoms with Gasteiger partial charge in [-0.2, -0.15) is 0 Å². The van der Waals surface area contributed by atoms with Gasteiger partial charge >= 0.3 is 0 Å². The van der Waals surface area contributed by atoms with Gasteiger partial charge in [0, 0.05) is 18.8 Å². The summed E-state index contributed by atoms with van der Waals surface area (Å²) in [6.07, 6.45) is 9.27. The molecule has 1 aromatic carbocycles. The molecule has 1 aliphatic carbocycles. The second-order valence-electron chi connectivity index (χ2n) is 4.96. The fourth-order valence-electron chi connectivity index (χ4n) is 2.76. The molecular weight excluding hydrogens is 220 g/mol. The van der Waals surface area contributed by atoms with Crippen molar-refractivity contribution in [3.05, 3.63) is 59.3 Å². The van der Waals surface area contributed by atoms with Crippen molar-refractivity contribution in [3.63, 3.8) is 0 Å². The third kappa shape index (κ3) is 2.49. The van der Waals surface area contributed by atoms with E-state index in [4.69, 9.17) is 0 Å². The Morgan fingerprint density at radius 1 is 1.11 bits per heavy atom. The van der Waals surface area contributed by atoms with Gasteiger partial charge in [-0.3, -0.25) is 0 Å². The highest BCUT2D eigenvalue weighted by molar-refractivity contribution is 5.30. The molecule has 0 saturated heterocycles. The van der Waals surface area contributed by atoms with Gasteiger partial charge in [0.05, 0.1) is 0 Å². The zero-order valence-electron chi connectivity index (χ0n) is 10.7. The maximum atomic E-state index is 3.53. The number of allylic oxidation sites excluding steroid dienone is 3. The molecule has 1 N–H and O–H groups in total. The molecule has 2 heteroatoms. The predicted octanol–water partition coefficient (Wildman–Crippen LogP) is 3.04. The topological polar surface area (TPSA) is 15.3 Å². The molecule has 1 heterocycles. The number of rotatable bonds is 3. The molecule has 0 amide bonds. The first-order valence-electron chi connectivity index (χ1n) is 6.87. The van der Waals surface area contributed by atoms with Crippen LogP contribution in [0.4, 0.5) is 0 Å². The highest BCUT2D eigenvalue weighted by Crippen LogP contribution is 2.26. The van der Waals surface area contributed by atoms with E-state index in [9.17, 15) is 0 Å². The van der Waals surface area contributed by atoms with Gasteiger partial charge in [0.15, 0.2) is 0 Å². The standard InChI is InChI=1S/C16H20N2/c1-2-6-14(7-3-1)11-13-18-16-9-5-4-8-15(16)10-12-17-18/h1-4,6-8,17H,5,9-13H2. The molecule has 1 aromatic rings. The molecule has 0 unspecified atom stereocenters. The Kier molecular flexibility index (Phi) is 3.47. The van der Waals surface area contributed by atoms with E-state index in [1.54, 1.807) is 0 Å². The lowest BCUT2D eigenvalue weighted by molar-refractivity contribution is 0.222. The van der Waals surface area contributed by atoms with Crippen molar-refractivity contribution in [3.8, 4) is 0 Å². The van der Waals surface area contributed by atoms with Crippen LogP contribution in [0.1, 0.15) is 24.8 Å².